The molecular weight excluding hydrogens is 273 g/mol. The molecule has 0 bridgehead atoms. The van der Waals surface area contributed by atoms with E-state index in [2.05, 4.69) is 0 Å². The van der Waals surface area contributed by atoms with E-state index in [0.29, 0.717) is 11.1 Å². The van der Waals surface area contributed by atoms with E-state index >= 15 is 0 Å². The van der Waals surface area contributed by atoms with E-state index in [1.807, 2.05) is 12.3 Å². The van der Waals surface area contributed by atoms with E-state index in [4.69, 9.17) is 0 Å². The maximum absolute atomic E-state index is 12.6. The van der Waals surface area contributed by atoms with E-state index < -0.39 is 11.7 Å². The molecule has 0 unspecified atom stereocenters. The zero-order chi connectivity index (χ0) is 14.0. The zero-order valence-electron chi connectivity index (χ0n) is 10.1. The first-order valence-electron chi connectivity index (χ1n) is 5.60. The number of thiophene rings is 1. The molecule has 0 N–H and O–H groups in total. The molecule has 1 nitrogen and oxygen atoms in total. The van der Waals surface area contributed by atoms with Gasteiger partial charge in [-0.2, -0.15) is 24.5 Å². The molecule has 0 saturated heterocycles. The minimum atomic E-state index is -4.38. The molecule has 0 atom stereocenters. The molecule has 2 aromatic rings. The number of hydrogen-bond donors (Lipinski definition) is 0. The second kappa shape index (κ2) is 5.17. The lowest BCUT2D eigenvalue weighted by Gasteiger charge is -2.08. The molecule has 0 spiro atoms. The van der Waals surface area contributed by atoms with Gasteiger partial charge in [0, 0.05) is 17.4 Å². The number of Topliss-reactive ketones (excluding diaryl/α,β-unsaturated/α-hetero) is 1. The second-order valence-electron chi connectivity index (χ2n) is 4.27. The monoisotopic (exact) mass is 284 g/mol. The van der Waals surface area contributed by atoms with Crippen molar-refractivity contribution in [2.45, 2.75) is 19.5 Å². The van der Waals surface area contributed by atoms with Crippen LogP contribution >= 0.6 is 11.3 Å². The number of ketones is 1. The van der Waals surface area contributed by atoms with Crippen molar-refractivity contribution in [3.8, 4) is 0 Å². The molecule has 100 valence electrons. The van der Waals surface area contributed by atoms with Gasteiger partial charge in [-0.3, -0.25) is 4.79 Å². The lowest BCUT2D eigenvalue weighted by Crippen LogP contribution is -2.08. The predicted octanol–water partition coefficient (Wildman–Crippen LogP) is 4.50. The molecule has 5 heteroatoms. The van der Waals surface area contributed by atoms with Crippen molar-refractivity contribution in [3.63, 3.8) is 0 Å². The third kappa shape index (κ3) is 3.23. The number of halogens is 3. The van der Waals surface area contributed by atoms with Crippen LogP contribution in [0.4, 0.5) is 13.2 Å². The topological polar surface area (TPSA) is 17.1 Å². The first-order chi connectivity index (χ1) is 8.88. The minimum Gasteiger partial charge on any atom is -0.294 e. The Kier molecular flexibility index (Phi) is 3.75. The molecule has 0 fully saturated rings. The van der Waals surface area contributed by atoms with E-state index in [-0.39, 0.29) is 12.2 Å². The van der Waals surface area contributed by atoms with Crippen LogP contribution in [-0.2, 0) is 12.6 Å². The fourth-order valence-electron chi connectivity index (χ4n) is 1.78. The third-order valence-corrected chi connectivity index (χ3v) is 3.64. The van der Waals surface area contributed by atoms with Gasteiger partial charge < -0.3 is 0 Å². The van der Waals surface area contributed by atoms with Crippen molar-refractivity contribution in [1.29, 1.82) is 0 Å². The molecule has 0 aliphatic carbocycles. The van der Waals surface area contributed by atoms with Crippen LogP contribution in [0.3, 0.4) is 0 Å². The summed E-state index contributed by atoms with van der Waals surface area (Å²) in [6.45, 7) is 1.82. The number of benzene rings is 1. The molecule has 0 radical (unpaired) electrons. The lowest BCUT2D eigenvalue weighted by atomic mass is 10.0. The van der Waals surface area contributed by atoms with E-state index in [0.717, 1.165) is 17.7 Å². The quantitative estimate of drug-likeness (QED) is 0.758. The van der Waals surface area contributed by atoms with Gasteiger partial charge in [-0.1, -0.05) is 18.2 Å². The van der Waals surface area contributed by atoms with E-state index in [1.165, 1.54) is 23.5 Å². The summed E-state index contributed by atoms with van der Waals surface area (Å²) in [6.07, 6.45) is -4.39. The van der Waals surface area contributed by atoms with Crippen molar-refractivity contribution in [3.05, 3.63) is 57.3 Å². The second-order valence-corrected chi connectivity index (χ2v) is 5.01. The van der Waals surface area contributed by atoms with Crippen LogP contribution in [0.1, 0.15) is 27.0 Å². The highest BCUT2D eigenvalue weighted by Gasteiger charge is 2.30. The average Bonchev–Trinajstić information content (AvgIpc) is 2.75. The summed E-state index contributed by atoms with van der Waals surface area (Å²) in [5.74, 6) is -0.155. The Morgan fingerprint density at radius 2 is 2.00 bits per heavy atom. The van der Waals surface area contributed by atoms with Crippen molar-refractivity contribution in [2.75, 3.05) is 0 Å². The SMILES string of the molecule is Cc1cscc1C(=O)Cc1cccc(C(F)(F)F)c1. The maximum Gasteiger partial charge on any atom is 0.416 e. The van der Waals surface area contributed by atoms with Gasteiger partial charge in [-0.05, 0) is 29.5 Å². The van der Waals surface area contributed by atoms with Crippen LogP contribution in [0.25, 0.3) is 0 Å². The van der Waals surface area contributed by atoms with E-state index in [1.54, 1.807) is 5.38 Å². The van der Waals surface area contributed by atoms with Crippen molar-refractivity contribution in [2.24, 2.45) is 0 Å². The summed E-state index contributed by atoms with van der Waals surface area (Å²) >= 11 is 1.41. The number of aryl methyl sites for hydroxylation is 1. The first kappa shape index (κ1) is 13.8. The summed E-state index contributed by atoms with van der Waals surface area (Å²) < 4.78 is 37.7. The molecule has 1 aromatic carbocycles. The molecule has 0 amide bonds. The highest BCUT2D eigenvalue weighted by atomic mass is 32.1. The minimum absolute atomic E-state index is 0.0124. The van der Waals surface area contributed by atoms with Crippen LogP contribution in [0.2, 0.25) is 0 Å². The number of rotatable bonds is 3. The van der Waals surface area contributed by atoms with Gasteiger partial charge in [0.1, 0.15) is 0 Å². The van der Waals surface area contributed by atoms with Crippen LogP contribution in [0.5, 0.6) is 0 Å². The number of carbonyl (C=O) groups is 1. The van der Waals surface area contributed by atoms with Crippen molar-refractivity contribution >= 4 is 17.1 Å². The normalized spacial score (nSPS) is 11.6. The van der Waals surface area contributed by atoms with Gasteiger partial charge in [0.25, 0.3) is 0 Å². The Hall–Kier alpha value is -1.62. The number of alkyl halides is 3. The van der Waals surface area contributed by atoms with Crippen LogP contribution in [0.15, 0.2) is 35.0 Å². The summed E-state index contributed by atoms with van der Waals surface area (Å²) in [6, 6.07) is 4.89. The average molecular weight is 284 g/mol. The fraction of sp³-hybridized carbons (Fsp3) is 0.214. The summed E-state index contributed by atoms with van der Waals surface area (Å²) in [7, 11) is 0. The van der Waals surface area contributed by atoms with Gasteiger partial charge in [0.05, 0.1) is 5.56 Å². The first-order valence-corrected chi connectivity index (χ1v) is 6.54. The van der Waals surface area contributed by atoms with Gasteiger partial charge in [0.15, 0.2) is 5.78 Å². The predicted molar refractivity (Wildman–Crippen MR) is 68.5 cm³/mol. The molecule has 0 aliphatic heterocycles. The van der Waals surface area contributed by atoms with Crippen LogP contribution in [0, 0.1) is 6.92 Å². The largest absolute Gasteiger partial charge is 0.416 e. The highest BCUT2D eigenvalue weighted by molar-refractivity contribution is 7.08. The zero-order valence-corrected chi connectivity index (χ0v) is 10.9. The van der Waals surface area contributed by atoms with Crippen LogP contribution in [-0.4, -0.2) is 5.78 Å². The van der Waals surface area contributed by atoms with E-state index in [9.17, 15) is 18.0 Å². The molecule has 0 saturated carbocycles. The lowest BCUT2D eigenvalue weighted by molar-refractivity contribution is -0.137. The smallest absolute Gasteiger partial charge is 0.294 e. The Balaban J connectivity index is 2.21. The third-order valence-electron chi connectivity index (χ3n) is 2.77. The Morgan fingerprint density at radius 3 is 2.58 bits per heavy atom. The van der Waals surface area contributed by atoms with Crippen molar-refractivity contribution < 1.29 is 18.0 Å². The Bertz CT molecular complexity index is 599. The van der Waals surface area contributed by atoms with Crippen LogP contribution < -0.4 is 0 Å². The molecule has 1 aromatic heterocycles. The summed E-state index contributed by atoms with van der Waals surface area (Å²) in [5.41, 5.74) is 1.11. The van der Waals surface area contributed by atoms with Gasteiger partial charge >= 0.3 is 6.18 Å². The van der Waals surface area contributed by atoms with Gasteiger partial charge in [0.2, 0.25) is 0 Å². The standard InChI is InChI=1S/C14H11F3OS/c1-9-7-19-8-12(9)13(18)6-10-3-2-4-11(5-10)14(15,16)17/h2-5,7-8H,6H2,1H3. The molecular formula is C14H11F3OS. The Labute approximate surface area is 112 Å². The maximum atomic E-state index is 12.6. The molecule has 2 rings (SSSR count). The van der Waals surface area contributed by atoms with Crippen molar-refractivity contribution in [1.82, 2.24) is 0 Å². The molecule has 0 aliphatic rings. The highest BCUT2D eigenvalue weighted by Crippen LogP contribution is 2.29. The van der Waals surface area contributed by atoms with Gasteiger partial charge in [-0.15, -0.1) is 0 Å². The summed E-state index contributed by atoms with van der Waals surface area (Å²) in [4.78, 5) is 12.0. The molecule has 1 heterocycles. The summed E-state index contributed by atoms with van der Waals surface area (Å²) in [5, 5.41) is 3.57. The number of carbonyl (C=O) groups excluding carboxylic acids is 1. The Morgan fingerprint density at radius 1 is 1.26 bits per heavy atom. The molecule has 19 heavy (non-hydrogen) atoms. The van der Waals surface area contributed by atoms with Gasteiger partial charge in [-0.25, -0.2) is 0 Å². The number of hydrogen-bond acceptors (Lipinski definition) is 2. The fourth-order valence-corrected chi connectivity index (χ4v) is 2.64.